The lowest BCUT2D eigenvalue weighted by Gasteiger charge is -2.23. The van der Waals surface area contributed by atoms with E-state index in [2.05, 4.69) is 29.9 Å². The number of ether oxygens (including phenoxy) is 1. The molecule has 4 aromatic carbocycles. The Hall–Kier alpha value is -7.70. The van der Waals surface area contributed by atoms with Crippen LogP contribution in [0.25, 0.3) is 22.8 Å². The van der Waals surface area contributed by atoms with Crippen molar-refractivity contribution < 1.29 is 31.2 Å². The van der Waals surface area contributed by atoms with Crippen LogP contribution in [0.2, 0.25) is 0 Å². The maximum Gasteiger partial charge on any atom is 0.261 e. The molecule has 4 heterocycles. The van der Waals surface area contributed by atoms with Gasteiger partial charge in [0.2, 0.25) is 10.0 Å². The first kappa shape index (κ1) is 52.7. The smallest absolute Gasteiger partial charge is 0.261 e. The number of aryl methyl sites for hydroxylation is 1. The van der Waals surface area contributed by atoms with Crippen LogP contribution in [0, 0.1) is 0 Å². The van der Waals surface area contributed by atoms with Gasteiger partial charge in [-0.2, -0.15) is 8.61 Å². The van der Waals surface area contributed by atoms with Gasteiger partial charge >= 0.3 is 0 Å². The fraction of sp³-hybridized carbons (Fsp3) is 0.185. The molecule has 0 N–H and O–H groups in total. The van der Waals surface area contributed by atoms with E-state index < -0.39 is 20.0 Å². The molecule has 0 unspecified atom stereocenters. The summed E-state index contributed by atoms with van der Waals surface area (Å²) in [6.45, 7) is 3.57. The topological polar surface area (TPSA) is 195 Å². The normalized spacial score (nSPS) is 11.3. The van der Waals surface area contributed by atoms with Gasteiger partial charge in [0.05, 0.1) is 0 Å². The average molecular weight is 991 g/mol. The highest BCUT2D eigenvalue weighted by Gasteiger charge is 2.27. The lowest BCUT2D eigenvalue weighted by Crippen LogP contribution is -2.31. The predicted molar refractivity (Wildman–Crippen MR) is 271 cm³/mol. The number of sulfonamides is 2. The number of hydrogen-bond acceptors (Lipinski definition) is 13. The van der Waals surface area contributed by atoms with Gasteiger partial charge in [-0.25, -0.2) is 41.8 Å². The third-order valence-electron chi connectivity index (χ3n) is 10.6. The Morgan fingerprint density at radius 2 is 1.01 bits per heavy atom. The molecule has 0 bridgehead atoms. The first-order chi connectivity index (χ1) is 33.8. The van der Waals surface area contributed by atoms with Gasteiger partial charge in [0.15, 0.2) is 22.5 Å². The highest BCUT2D eigenvalue weighted by molar-refractivity contribution is 7.89. The SMILES string of the molecule is C.CC(=O)CCc1cccc(CN(Cc2ccc(-c3ncccn3)cc2)S(=O)(=O)c2cccnc2)c1.CC(=O)COc1cccc(CN(Cc2ccc(-c3ncccn3)cc2)S(=O)(=O)c2ccccn2)c1. The van der Waals surface area contributed by atoms with Gasteiger partial charge < -0.3 is 9.53 Å². The van der Waals surface area contributed by atoms with Gasteiger partial charge in [-0.1, -0.05) is 98.4 Å². The number of carbonyl (C=O) groups excluding carboxylic acids is 2. The molecule has 0 atom stereocenters. The number of benzene rings is 4. The van der Waals surface area contributed by atoms with Crippen LogP contribution in [0.5, 0.6) is 5.75 Å². The summed E-state index contributed by atoms with van der Waals surface area (Å²) in [5.74, 6) is 1.74. The molecule has 71 heavy (non-hydrogen) atoms. The van der Waals surface area contributed by atoms with Crippen LogP contribution < -0.4 is 4.74 Å². The second-order valence-electron chi connectivity index (χ2n) is 16.1. The van der Waals surface area contributed by atoms with Crippen LogP contribution in [0.1, 0.15) is 55.5 Å². The van der Waals surface area contributed by atoms with Crippen molar-refractivity contribution in [2.45, 2.75) is 70.2 Å². The third kappa shape index (κ3) is 15.1. The zero-order valence-electron chi connectivity index (χ0n) is 38.5. The molecule has 8 aromatic rings. The van der Waals surface area contributed by atoms with Crippen molar-refractivity contribution in [3.8, 4) is 28.5 Å². The molecule has 0 aliphatic rings. The van der Waals surface area contributed by atoms with Crippen molar-refractivity contribution in [1.82, 2.24) is 38.5 Å². The monoisotopic (exact) mass is 990 g/mol. The standard InChI is InChI=1S/C27H26N4O3S.C26H24N4O4S.CH4/c1-21(32)8-9-22-5-2-6-24(17-22)20-31(35(33,34)26-7-3-14-28-18-26)19-23-10-12-25(13-11-23)27-29-15-4-16-30-27;1-20(31)19-34-24-7-4-6-22(16-24)18-30(35(32,33)25-8-2-3-13-27-25)17-21-9-11-23(12-10-21)26-28-14-5-15-29-26;/h2-7,10-18H,8-9,19-20H2,1H3;2-16H,17-19H2,1H3;1H4. The van der Waals surface area contributed by atoms with E-state index in [1.54, 1.807) is 92.5 Å². The molecule has 8 rings (SSSR count). The van der Waals surface area contributed by atoms with Crippen LogP contribution in [0.3, 0.4) is 0 Å². The fourth-order valence-corrected chi connectivity index (χ4v) is 9.81. The molecule has 15 nitrogen and oxygen atoms in total. The first-order valence-corrected chi connectivity index (χ1v) is 25.0. The maximum absolute atomic E-state index is 13.6. The summed E-state index contributed by atoms with van der Waals surface area (Å²) in [4.78, 5) is 47.9. The average Bonchev–Trinajstić information content (AvgIpc) is 3.39. The molecular formula is C54H54N8O7S2. The second-order valence-corrected chi connectivity index (χ2v) is 19.9. The van der Waals surface area contributed by atoms with Crippen molar-refractivity contribution in [3.05, 3.63) is 211 Å². The quantitative estimate of drug-likeness (QED) is 0.0703. The maximum atomic E-state index is 13.6. The summed E-state index contributed by atoms with van der Waals surface area (Å²) in [6.07, 6.45) is 12.2. The molecule has 0 radical (unpaired) electrons. The Labute approximate surface area is 415 Å². The summed E-state index contributed by atoms with van der Waals surface area (Å²) in [5.41, 5.74) is 5.91. The lowest BCUT2D eigenvalue weighted by atomic mass is 10.0. The highest BCUT2D eigenvalue weighted by Crippen LogP contribution is 2.25. The second kappa shape index (κ2) is 25.2. The van der Waals surface area contributed by atoms with Crippen molar-refractivity contribution in [2.75, 3.05) is 6.61 Å². The van der Waals surface area contributed by atoms with Gasteiger partial charge in [-0.3, -0.25) is 9.78 Å². The van der Waals surface area contributed by atoms with Crippen LogP contribution >= 0.6 is 0 Å². The molecule has 0 aliphatic carbocycles. The largest absolute Gasteiger partial charge is 0.486 e. The first-order valence-electron chi connectivity index (χ1n) is 22.2. The molecule has 17 heteroatoms. The van der Waals surface area contributed by atoms with Gasteiger partial charge in [-0.05, 0) is 96.6 Å². The predicted octanol–water partition coefficient (Wildman–Crippen LogP) is 8.98. The van der Waals surface area contributed by atoms with Gasteiger partial charge in [-0.15, -0.1) is 0 Å². The lowest BCUT2D eigenvalue weighted by molar-refractivity contribution is -0.119. The van der Waals surface area contributed by atoms with E-state index in [1.807, 2.05) is 78.9 Å². The molecule has 0 saturated carbocycles. The minimum atomic E-state index is -3.90. The zero-order chi connectivity index (χ0) is 49.4. The molecule has 0 aliphatic heterocycles. The summed E-state index contributed by atoms with van der Waals surface area (Å²) >= 11 is 0. The minimum absolute atomic E-state index is 0. The number of Topliss-reactive ketones (excluding diaryl/α,β-unsaturated/α-hetero) is 2. The van der Waals surface area contributed by atoms with Crippen LogP contribution in [-0.2, 0) is 62.2 Å². The van der Waals surface area contributed by atoms with E-state index in [1.165, 1.54) is 34.0 Å². The van der Waals surface area contributed by atoms with Crippen LogP contribution in [0.4, 0.5) is 0 Å². The fourth-order valence-electron chi connectivity index (χ4n) is 7.08. The van der Waals surface area contributed by atoms with E-state index in [0.29, 0.717) is 30.2 Å². The Morgan fingerprint density at radius 3 is 1.54 bits per heavy atom. The summed E-state index contributed by atoms with van der Waals surface area (Å²) in [7, 11) is -7.70. The minimum Gasteiger partial charge on any atom is -0.486 e. The number of nitrogens with zero attached hydrogens (tertiary/aromatic N) is 8. The van der Waals surface area contributed by atoms with Crippen molar-refractivity contribution in [2.24, 2.45) is 0 Å². The Kier molecular flexibility index (Phi) is 18.7. The number of rotatable bonds is 20. The number of carbonyl (C=O) groups is 2. The molecule has 0 spiro atoms. The number of hydrogen-bond donors (Lipinski definition) is 0. The number of pyridine rings is 2. The summed E-state index contributed by atoms with van der Waals surface area (Å²) < 4.78 is 62.4. The molecule has 364 valence electrons. The van der Waals surface area contributed by atoms with Gasteiger partial charge in [0.1, 0.15) is 23.0 Å². The highest BCUT2D eigenvalue weighted by atomic mass is 32.2. The van der Waals surface area contributed by atoms with Crippen LogP contribution in [0.15, 0.2) is 193 Å². The van der Waals surface area contributed by atoms with Crippen molar-refractivity contribution in [1.29, 1.82) is 0 Å². The molecule has 0 amide bonds. The summed E-state index contributed by atoms with van der Waals surface area (Å²) in [6, 6.07) is 41.2. The zero-order valence-corrected chi connectivity index (χ0v) is 40.2. The molecule has 0 fully saturated rings. The van der Waals surface area contributed by atoms with Crippen LogP contribution in [-0.4, -0.2) is 73.5 Å². The number of ketones is 2. The van der Waals surface area contributed by atoms with Gasteiger partial charge in [0, 0.05) is 87.1 Å². The number of aromatic nitrogens is 6. The van der Waals surface area contributed by atoms with Gasteiger partial charge in [0.25, 0.3) is 10.0 Å². The molecule has 0 saturated heterocycles. The van der Waals surface area contributed by atoms with Crippen molar-refractivity contribution in [3.63, 3.8) is 0 Å². The Bertz CT molecular complexity index is 2980. The van der Waals surface area contributed by atoms with E-state index in [9.17, 15) is 26.4 Å². The van der Waals surface area contributed by atoms with E-state index in [-0.39, 0.29) is 61.7 Å². The Morgan fingerprint density at radius 1 is 0.493 bits per heavy atom. The van der Waals surface area contributed by atoms with E-state index in [0.717, 1.165) is 38.9 Å². The van der Waals surface area contributed by atoms with E-state index >= 15 is 0 Å². The molecule has 4 aromatic heterocycles. The third-order valence-corrected chi connectivity index (χ3v) is 14.1. The Balaban J connectivity index is 0.000000229. The summed E-state index contributed by atoms with van der Waals surface area (Å²) in [5, 5.41) is -0.0294. The van der Waals surface area contributed by atoms with E-state index in [4.69, 9.17) is 4.74 Å². The molecular weight excluding hydrogens is 937 g/mol. The van der Waals surface area contributed by atoms with Crippen molar-refractivity contribution >= 4 is 31.6 Å².